The third-order valence-electron chi connectivity index (χ3n) is 2.72. The van der Waals surface area contributed by atoms with Crippen LogP contribution in [0.15, 0.2) is 16.5 Å². The Balaban J connectivity index is 2.43. The van der Waals surface area contributed by atoms with Gasteiger partial charge in [0.25, 0.3) is 0 Å². The van der Waals surface area contributed by atoms with Crippen molar-refractivity contribution in [1.29, 1.82) is 0 Å². The Morgan fingerprint density at radius 3 is 2.62 bits per heavy atom. The molecule has 1 N–H and O–H groups in total. The van der Waals surface area contributed by atoms with Crippen molar-refractivity contribution in [3.8, 4) is 0 Å². The summed E-state index contributed by atoms with van der Waals surface area (Å²) in [4.78, 5) is 2.42. The van der Waals surface area contributed by atoms with Gasteiger partial charge in [-0.3, -0.25) is 4.90 Å². The average Bonchev–Trinajstić information content (AvgIpc) is 2.72. The summed E-state index contributed by atoms with van der Waals surface area (Å²) in [5, 5.41) is 3.09. The zero-order valence-electron chi connectivity index (χ0n) is 10.8. The van der Waals surface area contributed by atoms with E-state index in [1.807, 2.05) is 7.05 Å². The minimum absolute atomic E-state index is 0.807. The summed E-state index contributed by atoms with van der Waals surface area (Å²) in [5.41, 5.74) is 0. The highest BCUT2D eigenvalue weighted by molar-refractivity contribution is 5.06. The summed E-state index contributed by atoms with van der Waals surface area (Å²) < 4.78 is 5.73. The normalized spacial score (nSPS) is 11.2. The van der Waals surface area contributed by atoms with Crippen LogP contribution in [0.5, 0.6) is 0 Å². The maximum atomic E-state index is 5.73. The second-order valence-electron chi connectivity index (χ2n) is 4.12. The molecule has 0 aromatic carbocycles. The van der Waals surface area contributed by atoms with E-state index in [0.717, 1.165) is 37.7 Å². The van der Waals surface area contributed by atoms with E-state index in [1.165, 1.54) is 12.8 Å². The largest absolute Gasteiger partial charge is 0.463 e. The first-order valence-electron chi connectivity index (χ1n) is 6.24. The monoisotopic (exact) mass is 224 g/mol. The van der Waals surface area contributed by atoms with Crippen LogP contribution in [-0.2, 0) is 13.1 Å². The van der Waals surface area contributed by atoms with Gasteiger partial charge >= 0.3 is 0 Å². The first kappa shape index (κ1) is 13.3. The van der Waals surface area contributed by atoms with Crippen LogP contribution in [0.3, 0.4) is 0 Å². The zero-order chi connectivity index (χ0) is 11.8. The highest BCUT2D eigenvalue weighted by Crippen LogP contribution is 2.11. The molecule has 1 rings (SSSR count). The van der Waals surface area contributed by atoms with E-state index in [0.29, 0.717) is 0 Å². The molecule has 0 fully saturated rings. The van der Waals surface area contributed by atoms with Crippen LogP contribution < -0.4 is 5.32 Å². The predicted molar refractivity (Wildman–Crippen MR) is 67.3 cm³/mol. The summed E-state index contributed by atoms with van der Waals surface area (Å²) in [6, 6.07) is 4.14. The van der Waals surface area contributed by atoms with Gasteiger partial charge in [0, 0.05) is 0 Å². The highest BCUT2D eigenvalue weighted by Gasteiger charge is 2.06. The van der Waals surface area contributed by atoms with Crippen molar-refractivity contribution in [2.24, 2.45) is 0 Å². The van der Waals surface area contributed by atoms with Crippen LogP contribution in [0.1, 0.15) is 38.2 Å². The van der Waals surface area contributed by atoms with Gasteiger partial charge in [-0.2, -0.15) is 0 Å². The molecule has 1 heterocycles. The van der Waals surface area contributed by atoms with Crippen molar-refractivity contribution in [3.05, 3.63) is 23.7 Å². The third kappa shape index (κ3) is 4.37. The summed E-state index contributed by atoms with van der Waals surface area (Å²) in [5.74, 6) is 2.09. The summed E-state index contributed by atoms with van der Waals surface area (Å²) >= 11 is 0. The molecule has 0 radical (unpaired) electrons. The molecule has 0 atom stereocenters. The smallest absolute Gasteiger partial charge is 0.118 e. The fourth-order valence-electron chi connectivity index (χ4n) is 1.73. The van der Waals surface area contributed by atoms with Crippen LogP contribution in [0.25, 0.3) is 0 Å². The van der Waals surface area contributed by atoms with Gasteiger partial charge in [0.15, 0.2) is 0 Å². The van der Waals surface area contributed by atoms with Gasteiger partial charge in [-0.05, 0) is 38.7 Å². The average molecular weight is 224 g/mol. The van der Waals surface area contributed by atoms with Crippen molar-refractivity contribution < 1.29 is 4.42 Å². The standard InChI is InChI=1S/C13H24N2O/c1-4-6-9-15(5-2)11-13-8-7-12(16-13)10-14-3/h7-8,14H,4-6,9-11H2,1-3H3. The lowest BCUT2D eigenvalue weighted by atomic mass is 10.3. The molecule has 0 aliphatic heterocycles. The fraction of sp³-hybridized carbons (Fsp3) is 0.692. The lowest BCUT2D eigenvalue weighted by Gasteiger charge is -2.18. The Hall–Kier alpha value is -0.800. The number of hydrogen-bond acceptors (Lipinski definition) is 3. The molecule has 0 aliphatic rings. The van der Waals surface area contributed by atoms with Crippen LogP contribution in [-0.4, -0.2) is 25.0 Å². The highest BCUT2D eigenvalue weighted by atomic mass is 16.3. The van der Waals surface area contributed by atoms with E-state index in [1.54, 1.807) is 0 Å². The Morgan fingerprint density at radius 2 is 2.00 bits per heavy atom. The van der Waals surface area contributed by atoms with Crippen LogP contribution >= 0.6 is 0 Å². The van der Waals surface area contributed by atoms with E-state index in [-0.39, 0.29) is 0 Å². The molecule has 0 saturated carbocycles. The Labute approximate surface area is 98.8 Å². The summed E-state index contributed by atoms with van der Waals surface area (Å²) in [6.07, 6.45) is 2.51. The minimum Gasteiger partial charge on any atom is -0.463 e. The Bertz CT molecular complexity index is 283. The first-order chi connectivity index (χ1) is 7.80. The third-order valence-corrected chi connectivity index (χ3v) is 2.72. The van der Waals surface area contributed by atoms with Gasteiger partial charge in [-0.25, -0.2) is 0 Å². The lowest BCUT2D eigenvalue weighted by molar-refractivity contribution is 0.249. The molecular formula is C13H24N2O. The number of unbranched alkanes of at least 4 members (excludes halogenated alkanes) is 1. The molecule has 3 heteroatoms. The minimum atomic E-state index is 0.807. The van der Waals surface area contributed by atoms with Crippen LogP contribution in [0.2, 0.25) is 0 Å². The second kappa shape index (κ2) is 7.47. The fourth-order valence-corrected chi connectivity index (χ4v) is 1.73. The lowest BCUT2D eigenvalue weighted by Crippen LogP contribution is -2.23. The van der Waals surface area contributed by atoms with Crippen molar-refractivity contribution in [2.75, 3.05) is 20.1 Å². The quantitative estimate of drug-likeness (QED) is 0.736. The molecular weight excluding hydrogens is 200 g/mol. The van der Waals surface area contributed by atoms with Gasteiger partial charge in [-0.1, -0.05) is 20.3 Å². The molecule has 3 nitrogen and oxygen atoms in total. The van der Waals surface area contributed by atoms with Gasteiger partial charge in [0.05, 0.1) is 13.1 Å². The van der Waals surface area contributed by atoms with Crippen LogP contribution in [0, 0.1) is 0 Å². The molecule has 0 bridgehead atoms. The Kier molecular flexibility index (Phi) is 6.19. The Morgan fingerprint density at radius 1 is 1.25 bits per heavy atom. The number of rotatable bonds is 8. The van der Waals surface area contributed by atoms with Gasteiger partial charge in [-0.15, -0.1) is 0 Å². The van der Waals surface area contributed by atoms with E-state index in [9.17, 15) is 0 Å². The SMILES string of the molecule is CCCCN(CC)Cc1ccc(CNC)o1. The van der Waals surface area contributed by atoms with Gasteiger partial charge in [0.2, 0.25) is 0 Å². The second-order valence-corrected chi connectivity index (χ2v) is 4.12. The van der Waals surface area contributed by atoms with Gasteiger partial charge < -0.3 is 9.73 Å². The topological polar surface area (TPSA) is 28.4 Å². The summed E-state index contributed by atoms with van der Waals surface area (Å²) in [6.45, 7) is 8.41. The maximum absolute atomic E-state index is 5.73. The molecule has 0 saturated heterocycles. The molecule has 16 heavy (non-hydrogen) atoms. The molecule has 1 aromatic rings. The molecule has 1 aromatic heterocycles. The van der Waals surface area contributed by atoms with Gasteiger partial charge in [0.1, 0.15) is 11.5 Å². The molecule has 92 valence electrons. The number of furan rings is 1. The summed E-state index contributed by atoms with van der Waals surface area (Å²) in [7, 11) is 1.93. The van der Waals surface area contributed by atoms with E-state index in [4.69, 9.17) is 4.42 Å². The number of nitrogens with zero attached hydrogens (tertiary/aromatic N) is 1. The number of hydrogen-bond donors (Lipinski definition) is 1. The zero-order valence-corrected chi connectivity index (χ0v) is 10.8. The first-order valence-corrected chi connectivity index (χ1v) is 6.24. The molecule has 0 unspecified atom stereocenters. The van der Waals surface area contributed by atoms with Crippen molar-refractivity contribution >= 4 is 0 Å². The predicted octanol–water partition coefficient (Wildman–Crippen LogP) is 2.62. The van der Waals surface area contributed by atoms with Crippen molar-refractivity contribution in [3.63, 3.8) is 0 Å². The molecule has 0 aliphatic carbocycles. The maximum Gasteiger partial charge on any atom is 0.118 e. The van der Waals surface area contributed by atoms with E-state index < -0.39 is 0 Å². The van der Waals surface area contributed by atoms with Crippen LogP contribution in [0.4, 0.5) is 0 Å². The van der Waals surface area contributed by atoms with E-state index in [2.05, 4.69) is 36.2 Å². The van der Waals surface area contributed by atoms with Crippen molar-refractivity contribution in [2.45, 2.75) is 39.8 Å². The molecule has 0 amide bonds. The van der Waals surface area contributed by atoms with E-state index >= 15 is 0 Å². The van der Waals surface area contributed by atoms with Crippen molar-refractivity contribution in [1.82, 2.24) is 10.2 Å². The number of nitrogens with one attached hydrogen (secondary N) is 1. The molecule has 0 spiro atoms.